The second-order valence-corrected chi connectivity index (χ2v) is 6.26. The van der Waals surface area contributed by atoms with E-state index in [9.17, 15) is 14.4 Å². The smallest absolute Gasteiger partial charge is 0.291 e. The molecule has 1 atom stereocenters. The average molecular weight is 326 g/mol. The third-order valence-electron chi connectivity index (χ3n) is 4.39. The number of hydrogen-bond acceptors (Lipinski definition) is 4. The van der Waals surface area contributed by atoms with E-state index in [2.05, 4.69) is 18.0 Å². The fraction of sp³-hybridized carbons (Fsp3) is 0.389. The van der Waals surface area contributed by atoms with Crippen molar-refractivity contribution < 1.29 is 4.39 Å². The Morgan fingerprint density at radius 3 is 2.96 bits per heavy atom. The van der Waals surface area contributed by atoms with E-state index in [-0.39, 0.29) is 6.54 Å². The minimum absolute atomic E-state index is 0.132. The van der Waals surface area contributed by atoms with Crippen LogP contribution in [-0.4, -0.2) is 22.6 Å². The summed E-state index contributed by atoms with van der Waals surface area (Å²) in [7, 11) is 0. The average Bonchev–Trinajstić information content (AvgIpc) is 2.59. The summed E-state index contributed by atoms with van der Waals surface area (Å²) < 4.78 is 15.1. The van der Waals surface area contributed by atoms with E-state index < -0.39 is 11.4 Å². The van der Waals surface area contributed by atoms with Crippen LogP contribution in [0.4, 0.5) is 10.3 Å². The Bertz CT molecular complexity index is 840. The second kappa shape index (κ2) is 6.83. The zero-order valence-corrected chi connectivity index (χ0v) is 13.6. The van der Waals surface area contributed by atoms with Crippen molar-refractivity contribution in [2.24, 2.45) is 5.92 Å². The molecule has 0 bridgehead atoms. The first-order valence-electron chi connectivity index (χ1n) is 8.08. The summed E-state index contributed by atoms with van der Waals surface area (Å²) in [5.74, 6) is 0.0967. The number of aromatic nitrogens is 2. The van der Waals surface area contributed by atoms with Gasteiger partial charge in [-0.05, 0) is 30.4 Å². The molecule has 0 amide bonds. The highest BCUT2D eigenvalue weighted by Gasteiger charge is 2.22. The van der Waals surface area contributed by atoms with Crippen LogP contribution in [0.3, 0.4) is 0 Å². The Balaban J connectivity index is 2.04. The van der Waals surface area contributed by atoms with E-state index in [4.69, 9.17) is 0 Å². The lowest BCUT2D eigenvalue weighted by molar-refractivity contribution is 0.434. The van der Waals surface area contributed by atoms with Crippen LogP contribution in [0.15, 0.2) is 35.3 Å². The molecule has 0 N–H and O–H groups in total. The van der Waals surface area contributed by atoms with E-state index in [1.54, 1.807) is 24.3 Å². The summed E-state index contributed by atoms with van der Waals surface area (Å²) in [5.41, 5.74) is 0.457. The molecule has 5 nitrogen and oxygen atoms in total. The van der Waals surface area contributed by atoms with Crippen LogP contribution < -0.4 is 10.5 Å². The highest BCUT2D eigenvalue weighted by Crippen LogP contribution is 2.21. The maximum atomic E-state index is 13.8. The lowest BCUT2D eigenvalue weighted by Crippen LogP contribution is -2.40. The fourth-order valence-electron chi connectivity index (χ4n) is 3.16. The van der Waals surface area contributed by atoms with Gasteiger partial charge in [-0.3, -0.25) is 9.36 Å². The fourth-order valence-corrected chi connectivity index (χ4v) is 3.16. The second-order valence-electron chi connectivity index (χ2n) is 6.26. The van der Waals surface area contributed by atoms with Gasteiger partial charge in [0, 0.05) is 13.1 Å². The number of benzene rings is 1. The molecule has 1 aromatic carbocycles. The minimum atomic E-state index is -0.877. The number of nitrogens with zero attached hydrogens (tertiary/aromatic N) is 4. The number of hydrogen-bond donors (Lipinski definition) is 0. The summed E-state index contributed by atoms with van der Waals surface area (Å²) >= 11 is 0. The van der Waals surface area contributed by atoms with Crippen LogP contribution in [0.2, 0.25) is 0 Å². The first-order chi connectivity index (χ1) is 11.6. The van der Waals surface area contributed by atoms with Crippen LogP contribution >= 0.6 is 0 Å². The van der Waals surface area contributed by atoms with Gasteiger partial charge in [0.25, 0.3) is 5.56 Å². The molecule has 2 heterocycles. The summed E-state index contributed by atoms with van der Waals surface area (Å²) in [5, 5.41) is 9.24. The van der Waals surface area contributed by atoms with Gasteiger partial charge >= 0.3 is 0 Å². The van der Waals surface area contributed by atoms with Crippen molar-refractivity contribution in [1.29, 1.82) is 5.26 Å². The molecule has 1 aliphatic rings. The number of halogens is 1. The Hall–Kier alpha value is -2.68. The molecular formula is C18H19FN4O. The predicted octanol–water partition coefficient (Wildman–Crippen LogP) is 2.54. The van der Waals surface area contributed by atoms with Crippen LogP contribution in [0, 0.1) is 23.1 Å². The van der Waals surface area contributed by atoms with Gasteiger partial charge in [-0.25, -0.2) is 4.98 Å². The molecule has 2 aromatic rings. The van der Waals surface area contributed by atoms with Gasteiger partial charge in [0.05, 0.1) is 24.4 Å². The van der Waals surface area contributed by atoms with E-state index >= 15 is 0 Å². The zero-order chi connectivity index (χ0) is 17.1. The summed E-state index contributed by atoms with van der Waals surface area (Å²) in [4.78, 5) is 18.6. The molecule has 24 heavy (non-hydrogen) atoms. The molecule has 0 radical (unpaired) electrons. The van der Waals surface area contributed by atoms with Gasteiger partial charge in [-0.2, -0.15) is 9.65 Å². The van der Waals surface area contributed by atoms with Crippen molar-refractivity contribution in [1.82, 2.24) is 9.55 Å². The summed E-state index contributed by atoms with van der Waals surface area (Å²) in [6, 6.07) is 9.15. The van der Waals surface area contributed by atoms with Crippen molar-refractivity contribution in [3.8, 4) is 6.07 Å². The Kier molecular flexibility index (Phi) is 4.61. The van der Waals surface area contributed by atoms with Crippen LogP contribution in [0.5, 0.6) is 0 Å². The lowest BCUT2D eigenvalue weighted by Gasteiger charge is -2.33. The summed E-state index contributed by atoms with van der Waals surface area (Å²) in [6.07, 6.45) is 3.14. The van der Waals surface area contributed by atoms with E-state index in [1.165, 1.54) is 4.57 Å². The normalized spacial score (nSPS) is 17.5. The quantitative estimate of drug-likeness (QED) is 0.869. The maximum Gasteiger partial charge on any atom is 0.291 e. The van der Waals surface area contributed by atoms with Gasteiger partial charge in [0.2, 0.25) is 11.8 Å². The largest absolute Gasteiger partial charge is 0.342 e. The SMILES string of the molecule is CC1CCCN(c2ncc(F)c(=O)n2Cc2ccccc2C#N)C1. The maximum absolute atomic E-state index is 13.8. The molecule has 0 aliphatic carbocycles. The van der Waals surface area contributed by atoms with Crippen molar-refractivity contribution in [3.05, 3.63) is 57.8 Å². The zero-order valence-electron chi connectivity index (χ0n) is 13.6. The molecule has 0 spiro atoms. The molecule has 1 aliphatic heterocycles. The molecule has 1 fully saturated rings. The molecule has 6 heteroatoms. The first-order valence-corrected chi connectivity index (χ1v) is 8.08. The predicted molar refractivity (Wildman–Crippen MR) is 89.3 cm³/mol. The minimum Gasteiger partial charge on any atom is -0.342 e. The van der Waals surface area contributed by atoms with Gasteiger partial charge in [0.15, 0.2) is 0 Å². The lowest BCUT2D eigenvalue weighted by atomic mass is 10.0. The van der Waals surface area contributed by atoms with Gasteiger partial charge < -0.3 is 4.90 Å². The van der Waals surface area contributed by atoms with Crippen molar-refractivity contribution in [2.45, 2.75) is 26.3 Å². The highest BCUT2D eigenvalue weighted by atomic mass is 19.1. The first kappa shape index (κ1) is 16.2. The van der Waals surface area contributed by atoms with E-state index in [0.29, 0.717) is 23.0 Å². The number of rotatable bonds is 3. The van der Waals surface area contributed by atoms with Crippen molar-refractivity contribution >= 4 is 5.95 Å². The van der Waals surface area contributed by atoms with E-state index in [1.807, 2.05) is 4.90 Å². The Morgan fingerprint density at radius 2 is 2.21 bits per heavy atom. The van der Waals surface area contributed by atoms with Gasteiger partial charge in [0.1, 0.15) is 0 Å². The molecule has 124 valence electrons. The standard InChI is InChI=1S/C18H19FN4O/c1-13-5-4-8-22(11-13)18-21-10-16(19)17(24)23(18)12-15-7-3-2-6-14(15)9-20/h2-3,6-7,10,13H,4-5,8,11-12H2,1H3. The van der Waals surface area contributed by atoms with Crippen molar-refractivity contribution in [2.75, 3.05) is 18.0 Å². The highest BCUT2D eigenvalue weighted by molar-refractivity contribution is 5.39. The van der Waals surface area contributed by atoms with E-state index in [0.717, 1.165) is 32.1 Å². The van der Waals surface area contributed by atoms with Crippen LogP contribution in [0.1, 0.15) is 30.9 Å². The molecule has 1 unspecified atom stereocenters. The van der Waals surface area contributed by atoms with Crippen LogP contribution in [0.25, 0.3) is 0 Å². The Morgan fingerprint density at radius 1 is 1.42 bits per heavy atom. The third-order valence-corrected chi connectivity index (χ3v) is 4.39. The molecule has 0 saturated carbocycles. The molecule has 3 rings (SSSR count). The number of anilines is 1. The summed E-state index contributed by atoms with van der Waals surface area (Å²) in [6.45, 7) is 3.87. The molecule has 1 saturated heterocycles. The molecular weight excluding hydrogens is 307 g/mol. The topological polar surface area (TPSA) is 61.9 Å². The van der Waals surface area contributed by atoms with Crippen molar-refractivity contribution in [3.63, 3.8) is 0 Å². The third kappa shape index (κ3) is 3.16. The molecule has 1 aromatic heterocycles. The van der Waals surface area contributed by atoms with Crippen LogP contribution in [-0.2, 0) is 6.54 Å². The Labute approximate surface area is 140 Å². The number of piperidine rings is 1. The van der Waals surface area contributed by atoms with Gasteiger partial charge in [-0.15, -0.1) is 0 Å². The van der Waals surface area contributed by atoms with Gasteiger partial charge in [-0.1, -0.05) is 25.1 Å². The monoisotopic (exact) mass is 326 g/mol. The number of nitriles is 1.